The van der Waals surface area contributed by atoms with Gasteiger partial charge >= 0.3 is 0 Å². The molecule has 82 valence electrons. The second-order valence-corrected chi connectivity index (χ2v) is 6.19. The molecular weight excluding hydrogens is 204 g/mol. The molecule has 0 aromatic heterocycles. The van der Waals surface area contributed by atoms with Gasteiger partial charge in [-0.2, -0.15) is 4.36 Å². The fraction of sp³-hybridized carbons (Fsp3) is 0.875. The molecule has 0 spiro atoms. The molecule has 0 fully saturated rings. The Labute approximate surface area is 83.9 Å². The third-order valence-electron chi connectivity index (χ3n) is 2.18. The van der Waals surface area contributed by atoms with E-state index in [2.05, 4.69) is 4.36 Å². The summed E-state index contributed by atoms with van der Waals surface area (Å²) in [5.41, 5.74) is 5.44. The Balaban J connectivity index is 2.70. The summed E-state index contributed by atoms with van der Waals surface area (Å²) in [4.78, 5) is 11.1. The predicted octanol–water partition coefficient (Wildman–Crippen LogP) is -0.517. The lowest BCUT2D eigenvalue weighted by atomic mass is 10.2. The van der Waals surface area contributed by atoms with Gasteiger partial charge in [-0.15, -0.1) is 0 Å². The number of aliphatic hydroxyl groups excluding tert-OH is 1. The van der Waals surface area contributed by atoms with Crippen LogP contribution < -0.4 is 5.73 Å². The fourth-order valence-corrected chi connectivity index (χ4v) is 3.40. The molecule has 0 aromatic rings. The largest absolute Gasteiger partial charge is 0.393 e. The van der Waals surface area contributed by atoms with Crippen LogP contribution in [-0.2, 0) is 14.5 Å². The third-order valence-corrected chi connectivity index (χ3v) is 4.44. The first-order valence-electron chi connectivity index (χ1n) is 4.63. The number of nitrogens with zero attached hydrogens (tertiary/aromatic N) is 1. The van der Waals surface area contributed by atoms with Crippen LogP contribution in [0, 0.1) is 0 Å². The standard InChI is InChI=1S/C8H16N2O3S/c1-6(11)2-4-14(13)5-3-7(9)8(12)10-14/h6-7,11H,2-5,9H2,1H3/t6-,7+,14+/m1/s1. The number of aliphatic hydroxyl groups is 1. The van der Waals surface area contributed by atoms with Crippen molar-refractivity contribution < 1.29 is 14.1 Å². The average Bonchev–Trinajstić information content (AvgIpc) is 2.09. The summed E-state index contributed by atoms with van der Waals surface area (Å²) >= 11 is 0. The van der Waals surface area contributed by atoms with Crippen molar-refractivity contribution in [3.63, 3.8) is 0 Å². The van der Waals surface area contributed by atoms with Crippen LogP contribution in [0.3, 0.4) is 0 Å². The van der Waals surface area contributed by atoms with Crippen LogP contribution in [0.2, 0.25) is 0 Å². The van der Waals surface area contributed by atoms with Gasteiger partial charge in [0.15, 0.2) is 0 Å². The maximum atomic E-state index is 11.9. The number of carbonyl (C=O) groups excluding carboxylic acids is 1. The molecule has 0 aromatic carbocycles. The smallest absolute Gasteiger partial charge is 0.270 e. The van der Waals surface area contributed by atoms with Crippen LogP contribution >= 0.6 is 0 Å². The third kappa shape index (κ3) is 3.04. The Morgan fingerprint density at radius 3 is 2.93 bits per heavy atom. The van der Waals surface area contributed by atoms with Crippen molar-refractivity contribution in [2.24, 2.45) is 10.1 Å². The van der Waals surface area contributed by atoms with E-state index in [4.69, 9.17) is 10.8 Å². The molecule has 0 bridgehead atoms. The van der Waals surface area contributed by atoms with Gasteiger partial charge in [-0.1, -0.05) is 0 Å². The average molecular weight is 220 g/mol. The first-order valence-corrected chi connectivity index (χ1v) is 6.48. The van der Waals surface area contributed by atoms with Crippen LogP contribution in [0.1, 0.15) is 19.8 Å². The minimum Gasteiger partial charge on any atom is -0.393 e. The van der Waals surface area contributed by atoms with Gasteiger partial charge in [-0.05, 0) is 19.8 Å². The molecule has 0 aliphatic carbocycles. The Hall–Kier alpha value is -0.460. The molecule has 1 heterocycles. The molecule has 14 heavy (non-hydrogen) atoms. The predicted molar refractivity (Wildman–Crippen MR) is 54.2 cm³/mol. The minimum atomic E-state index is -2.43. The van der Waals surface area contributed by atoms with E-state index < -0.39 is 27.8 Å². The molecule has 1 amide bonds. The molecule has 0 saturated heterocycles. The van der Waals surface area contributed by atoms with Gasteiger partial charge in [-0.25, -0.2) is 4.21 Å². The van der Waals surface area contributed by atoms with E-state index in [1.54, 1.807) is 6.92 Å². The molecule has 0 saturated carbocycles. The van der Waals surface area contributed by atoms with Crippen molar-refractivity contribution in [1.82, 2.24) is 0 Å². The van der Waals surface area contributed by atoms with Crippen molar-refractivity contribution in [1.29, 1.82) is 0 Å². The molecule has 5 nitrogen and oxygen atoms in total. The zero-order chi connectivity index (χ0) is 10.8. The highest BCUT2D eigenvalue weighted by Gasteiger charge is 2.24. The summed E-state index contributed by atoms with van der Waals surface area (Å²) < 4.78 is 15.5. The Kier molecular flexibility index (Phi) is 3.63. The normalized spacial score (nSPS) is 35.1. The highest BCUT2D eigenvalue weighted by Crippen LogP contribution is 2.12. The van der Waals surface area contributed by atoms with E-state index in [0.29, 0.717) is 18.6 Å². The van der Waals surface area contributed by atoms with Crippen LogP contribution in [-0.4, -0.2) is 38.9 Å². The number of amides is 1. The van der Waals surface area contributed by atoms with Gasteiger partial charge in [-0.3, -0.25) is 4.79 Å². The first-order chi connectivity index (χ1) is 6.43. The van der Waals surface area contributed by atoms with Crippen LogP contribution in [0.5, 0.6) is 0 Å². The fourth-order valence-electron chi connectivity index (χ4n) is 1.21. The van der Waals surface area contributed by atoms with E-state index in [1.165, 1.54) is 0 Å². The molecule has 0 radical (unpaired) electrons. The maximum Gasteiger partial charge on any atom is 0.270 e. The molecule has 6 heteroatoms. The van der Waals surface area contributed by atoms with E-state index in [-0.39, 0.29) is 5.75 Å². The molecule has 3 atom stereocenters. The number of rotatable bonds is 3. The van der Waals surface area contributed by atoms with Crippen molar-refractivity contribution in [2.45, 2.75) is 31.9 Å². The number of hydrogen-bond donors (Lipinski definition) is 2. The monoisotopic (exact) mass is 220 g/mol. The van der Waals surface area contributed by atoms with Crippen LogP contribution in [0.15, 0.2) is 4.36 Å². The summed E-state index contributed by atoms with van der Waals surface area (Å²) in [6.07, 6.45) is 0.334. The molecule has 1 rings (SSSR count). The molecule has 1 aliphatic rings. The first kappa shape index (κ1) is 11.6. The Morgan fingerprint density at radius 1 is 1.79 bits per heavy atom. The summed E-state index contributed by atoms with van der Waals surface area (Å²) in [5, 5.41) is 9.04. The molecular formula is C8H16N2O3S. The number of hydrogen-bond acceptors (Lipinski definition) is 4. The highest BCUT2D eigenvalue weighted by molar-refractivity contribution is 7.93. The zero-order valence-electron chi connectivity index (χ0n) is 8.18. The zero-order valence-corrected chi connectivity index (χ0v) is 9.00. The summed E-state index contributed by atoms with van der Waals surface area (Å²) in [6, 6.07) is -0.587. The topological polar surface area (TPSA) is 92.7 Å². The van der Waals surface area contributed by atoms with E-state index in [0.717, 1.165) is 0 Å². The van der Waals surface area contributed by atoms with Gasteiger partial charge in [0.1, 0.15) is 0 Å². The van der Waals surface area contributed by atoms with E-state index in [9.17, 15) is 9.00 Å². The summed E-state index contributed by atoms with van der Waals surface area (Å²) in [7, 11) is -2.43. The maximum absolute atomic E-state index is 11.9. The van der Waals surface area contributed by atoms with Crippen molar-refractivity contribution in [2.75, 3.05) is 11.5 Å². The van der Waals surface area contributed by atoms with Crippen molar-refractivity contribution >= 4 is 15.6 Å². The van der Waals surface area contributed by atoms with Crippen LogP contribution in [0.4, 0.5) is 0 Å². The van der Waals surface area contributed by atoms with Crippen molar-refractivity contribution in [3.8, 4) is 0 Å². The van der Waals surface area contributed by atoms with Gasteiger partial charge in [0.05, 0.1) is 21.9 Å². The minimum absolute atomic E-state index is 0.281. The quantitative estimate of drug-likeness (QED) is 0.669. The number of carbonyl (C=O) groups is 1. The summed E-state index contributed by atoms with van der Waals surface area (Å²) in [6.45, 7) is 1.62. The second-order valence-electron chi connectivity index (χ2n) is 3.64. The van der Waals surface area contributed by atoms with Gasteiger partial charge in [0.25, 0.3) is 5.91 Å². The Bertz CT molecular complexity index is 331. The van der Waals surface area contributed by atoms with Crippen LogP contribution in [0.25, 0.3) is 0 Å². The Morgan fingerprint density at radius 2 is 2.43 bits per heavy atom. The summed E-state index contributed by atoms with van der Waals surface area (Å²) in [5.74, 6) is 0.183. The second kappa shape index (κ2) is 4.37. The lowest BCUT2D eigenvalue weighted by Crippen LogP contribution is -2.37. The molecule has 0 unspecified atom stereocenters. The van der Waals surface area contributed by atoms with Gasteiger partial charge < -0.3 is 10.8 Å². The van der Waals surface area contributed by atoms with Gasteiger partial charge in [0.2, 0.25) is 0 Å². The number of nitrogens with two attached hydrogens (primary N) is 1. The molecule has 1 aliphatic heterocycles. The highest BCUT2D eigenvalue weighted by atomic mass is 32.2. The van der Waals surface area contributed by atoms with E-state index in [1.807, 2.05) is 0 Å². The van der Waals surface area contributed by atoms with Crippen molar-refractivity contribution in [3.05, 3.63) is 0 Å². The lowest BCUT2D eigenvalue weighted by molar-refractivity contribution is -0.119. The SMILES string of the molecule is C[C@@H](O)CC[S@@]1(=O)=NC(=O)[C@@H](N)CC1. The van der Waals surface area contributed by atoms with E-state index >= 15 is 0 Å². The lowest BCUT2D eigenvalue weighted by Gasteiger charge is -2.18. The molecule has 3 N–H and O–H groups in total. The van der Waals surface area contributed by atoms with Gasteiger partial charge in [0, 0.05) is 11.5 Å².